The van der Waals surface area contributed by atoms with Crippen molar-refractivity contribution in [3.63, 3.8) is 0 Å². The molecule has 1 heterocycles. The third-order valence-electron chi connectivity index (χ3n) is 13.3. The molecule has 2 aliphatic carbocycles. The number of nitrogens with zero attached hydrogens (tertiary/aromatic N) is 1. The minimum Gasteiger partial charge on any atom is -0.310 e. The van der Waals surface area contributed by atoms with Crippen LogP contribution in [0.4, 0.5) is 17.1 Å². The molecule has 11 aromatic rings. The lowest BCUT2D eigenvalue weighted by Gasteiger charge is -2.33. The lowest BCUT2D eigenvalue weighted by Crippen LogP contribution is -2.26. The molecule has 2 aliphatic rings. The molecular weight excluding hydrogens is 755 g/mol. The molecule has 10 aromatic carbocycles. The van der Waals surface area contributed by atoms with E-state index in [2.05, 4.69) is 229 Å². The first kappa shape index (κ1) is 34.4. The highest BCUT2D eigenvalue weighted by molar-refractivity contribution is 7.26. The first-order chi connectivity index (χ1) is 30.3. The zero-order valence-electron chi connectivity index (χ0n) is 33.2. The highest BCUT2D eigenvalue weighted by Crippen LogP contribution is 2.63. The predicted molar refractivity (Wildman–Crippen MR) is 259 cm³/mol. The van der Waals surface area contributed by atoms with E-state index in [1.807, 2.05) is 11.3 Å². The predicted octanol–water partition coefficient (Wildman–Crippen LogP) is 16.4. The fourth-order valence-corrected chi connectivity index (χ4v) is 12.0. The van der Waals surface area contributed by atoms with Crippen LogP contribution in [0.3, 0.4) is 0 Å². The van der Waals surface area contributed by atoms with E-state index in [9.17, 15) is 0 Å². The van der Waals surface area contributed by atoms with Gasteiger partial charge in [0.1, 0.15) is 0 Å². The van der Waals surface area contributed by atoms with E-state index in [-0.39, 0.29) is 0 Å². The summed E-state index contributed by atoms with van der Waals surface area (Å²) in [6.45, 7) is 0. The van der Waals surface area contributed by atoms with E-state index in [1.165, 1.54) is 97.7 Å². The molecule has 0 atom stereocenters. The van der Waals surface area contributed by atoms with Gasteiger partial charge in [-0.3, -0.25) is 0 Å². The smallest absolute Gasteiger partial charge is 0.0726 e. The standard InChI is InChI=1S/C59H37NS/c1-2-17-39(18-3-1)57-43-21-5-4-16-38(43)32-35-55(57)60(41-20-14-19-40(36-41)44-26-15-27-50-49-25-9-13-31-56(49)61-58(44)50)42-33-34-48-47-24-8-12-30-53(47)59(54(48)37-42)51-28-10-6-22-45(51)46-23-7-11-29-52(46)59/h1-37H. The Morgan fingerprint density at radius 1 is 0.344 bits per heavy atom. The molecule has 284 valence electrons. The molecule has 0 aliphatic heterocycles. The maximum absolute atomic E-state index is 2.52. The summed E-state index contributed by atoms with van der Waals surface area (Å²) < 4.78 is 2.63. The number of rotatable bonds is 5. The molecule has 0 fully saturated rings. The molecule has 0 saturated heterocycles. The first-order valence-electron chi connectivity index (χ1n) is 21.1. The molecule has 13 rings (SSSR count). The highest BCUT2D eigenvalue weighted by Gasteiger charge is 2.51. The second-order valence-corrected chi connectivity index (χ2v) is 17.4. The Labute approximate surface area is 359 Å². The van der Waals surface area contributed by atoms with E-state index in [0.717, 1.165) is 17.1 Å². The molecular formula is C59H37NS. The van der Waals surface area contributed by atoms with Gasteiger partial charge in [0.15, 0.2) is 0 Å². The summed E-state index contributed by atoms with van der Waals surface area (Å²) in [5.41, 5.74) is 18.4. The number of hydrogen-bond donors (Lipinski definition) is 0. The summed E-state index contributed by atoms with van der Waals surface area (Å²) in [6, 6.07) is 83.6. The number of thiophene rings is 1. The largest absolute Gasteiger partial charge is 0.310 e. The third-order valence-corrected chi connectivity index (χ3v) is 14.5. The minimum absolute atomic E-state index is 0.453. The van der Waals surface area contributed by atoms with Crippen LogP contribution in [0, 0.1) is 0 Å². The third kappa shape index (κ3) is 4.88. The van der Waals surface area contributed by atoms with Crippen LogP contribution in [0.25, 0.3) is 75.5 Å². The SMILES string of the molecule is c1ccc(-c2c(N(c3cccc(-c4cccc5c4sc4ccccc45)c3)c3ccc4c(c3)C3(c5ccccc5-c5ccccc53)c3ccccc3-4)ccc3ccccc23)cc1. The lowest BCUT2D eigenvalue weighted by atomic mass is 9.70. The van der Waals surface area contributed by atoms with Crippen LogP contribution >= 0.6 is 11.3 Å². The minimum atomic E-state index is -0.453. The van der Waals surface area contributed by atoms with Crippen LogP contribution in [0.5, 0.6) is 0 Å². The van der Waals surface area contributed by atoms with Gasteiger partial charge in [0.2, 0.25) is 0 Å². The van der Waals surface area contributed by atoms with Gasteiger partial charge in [-0.15, -0.1) is 11.3 Å². The maximum Gasteiger partial charge on any atom is 0.0726 e. The van der Waals surface area contributed by atoms with Gasteiger partial charge >= 0.3 is 0 Å². The summed E-state index contributed by atoms with van der Waals surface area (Å²) in [6.07, 6.45) is 0. The fraction of sp³-hybridized carbons (Fsp3) is 0.0169. The summed E-state index contributed by atoms with van der Waals surface area (Å²) in [7, 11) is 0. The summed E-state index contributed by atoms with van der Waals surface area (Å²) in [5, 5.41) is 5.07. The van der Waals surface area contributed by atoms with Crippen molar-refractivity contribution in [2.75, 3.05) is 4.90 Å². The molecule has 1 aromatic heterocycles. The second kappa shape index (κ2) is 13.2. The van der Waals surface area contributed by atoms with Gasteiger partial charge in [0, 0.05) is 37.1 Å². The maximum atomic E-state index is 2.52. The molecule has 0 amide bonds. The van der Waals surface area contributed by atoms with Crippen LogP contribution in [0.15, 0.2) is 224 Å². The van der Waals surface area contributed by atoms with Gasteiger partial charge in [-0.25, -0.2) is 0 Å². The Kier molecular flexibility index (Phi) is 7.46. The van der Waals surface area contributed by atoms with E-state index >= 15 is 0 Å². The van der Waals surface area contributed by atoms with Crippen LogP contribution in [0.1, 0.15) is 22.3 Å². The molecule has 0 bridgehead atoms. The van der Waals surface area contributed by atoms with Crippen molar-refractivity contribution in [2.45, 2.75) is 5.41 Å². The monoisotopic (exact) mass is 791 g/mol. The highest BCUT2D eigenvalue weighted by atomic mass is 32.1. The van der Waals surface area contributed by atoms with Crippen LogP contribution in [0.2, 0.25) is 0 Å². The molecule has 0 unspecified atom stereocenters. The molecule has 2 heteroatoms. The average molecular weight is 792 g/mol. The fourth-order valence-electron chi connectivity index (χ4n) is 10.8. The molecule has 0 radical (unpaired) electrons. The average Bonchev–Trinajstić information content (AvgIpc) is 3.96. The van der Waals surface area contributed by atoms with E-state index in [1.54, 1.807) is 0 Å². The van der Waals surface area contributed by atoms with Crippen molar-refractivity contribution < 1.29 is 0 Å². The van der Waals surface area contributed by atoms with E-state index in [0.29, 0.717) is 0 Å². The van der Waals surface area contributed by atoms with Gasteiger partial charge < -0.3 is 4.90 Å². The van der Waals surface area contributed by atoms with Gasteiger partial charge in [-0.05, 0) is 108 Å². The van der Waals surface area contributed by atoms with Gasteiger partial charge in [0.25, 0.3) is 0 Å². The van der Waals surface area contributed by atoms with Crippen molar-refractivity contribution in [1.29, 1.82) is 0 Å². The van der Waals surface area contributed by atoms with E-state index < -0.39 is 5.41 Å². The van der Waals surface area contributed by atoms with Crippen LogP contribution in [-0.4, -0.2) is 0 Å². The Morgan fingerprint density at radius 3 is 1.66 bits per heavy atom. The molecule has 61 heavy (non-hydrogen) atoms. The number of hydrogen-bond acceptors (Lipinski definition) is 2. The Hall–Kier alpha value is -7.52. The van der Waals surface area contributed by atoms with Gasteiger partial charge in [-0.2, -0.15) is 0 Å². The van der Waals surface area contributed by atoms with E-state index in [4.69, 9.17) is 0 Å². The quantitative estimate of drug-likeness (QED) is 0.168. The molecule has 1 nitrogen and oxygen atoms in total. The summed E-state index contributed by atoms with van der Waals surface area (Å²) in [4.78, 5) is 2.52. The Bertz CT molecular complexity index is 3490. The van der Waals surface area contributed by atoms with Crippen molar-refractivity contribution >= 4 is 59.3 Å². The van der Waals surface area contributed by atoms with Crippen molar-refractivity contribution in [1.82, 2.24) is 0 Å². The number of anilines is 3. The number of fused-ring (bicyclic) bond motifs is 14. The molecule has 1 spiro atoms. The summed E-state index contributed by atoms with van der Waals surface area (Å²) >= 11 is 1.88. The van der Waals surface area contributed by atoms with Gasteiger partial charge in [-0.1, -0.05) is 188 Å². The molecule has 0 N–H and O–H groups in total. The first-order valence-corrected chi connectivity index (χ1v) is 21.9. The van der Waals surface area contributed by atoms with Gasteiger partial charge in [0.05, 0.1) is 11.1 Å². The molecule has 0 saturated carbocycles. The van der Waals surface area contributed by atoms with Crippen LogP contribution < -0.4 is 4.90 Å². The zero-order chi connectivity index (χ0) is 40.1. The second-order valence-electron chi connectivity index (χ2n) is 16.3. The summed E-state index contributed by atoms with van der Waals surface area (Å²) in [5.74, 6) is 0. The van der Waals surface area contributed by atoms with Crippen molar-refractivity contribution in [3.05, 3.63) is 247 Å². The number of benzene rings is 10. The van der Waals surface area contributed by atoms with Crippen molar-refractivity contribution in [2.24, 2.45) is 0 Å². The lowest BCUT2D eigenvalue weighted by molar-refractivity contribution is 0.793. The Balaban J connectivity index is 1.10. The van der Waals surface area contributed by atoms with Crippen molar-refractivity contribution in [3.8, 4) is 44.5 Å². The topological polar surface area (TPSA) is 3.24 Å². The zero-order valence-corrected chi connectivity index (χ0v) is 34.0. The Morgan fingerprint density at radius 2 is 0.902 bits per heavy atom. The van der Waals surface area contributed by atoms with Crippen LogP contribution in [-0.2, 0) is 5.41 Å². The normalized spacial score (nSPS) is 13.0.